The first kappa shape index (κ1) is 11.1. The normalized spacial score (nSPS) is 17.4. The number of pyridine rings is 1. The largest absolute Gasteiger partial charge is 0.392 e. The summed E-state index contributed by atoms with van der Waals surface area (Å²) in [5, 5.41) is 12.6. The molecule has 3 nitrogen and oxygen atoms in total. The zero-order valence-corrected chi connectivity index (χ0v) is 8.94. The summed E-state index contributed by atoms with van der Waals surface area (Å²) >= 11 is 0. The molecule has 0 spiro atoms. The van der Waals surface area contributed by atoms with Gasteiger partial charge in [0.1, 0.15) is 0 Å². The van der Waals surface area contributed by atoms with E-state index in [1.807, 2.05) is 25.3 Å². The zero-order valence-electron chi connectivity index (χ0n) is 8.94. The van der Waals surface area contributed by atoms with Crippen LogP contribution in [0.15, 0.2) is 24.5 Å². The van der Waals surface area contributed by atoms with Crippen LogP contribution in [0, 0.1) is 0 Å². The Morgan fingerprint density at radius 2 is 2.07 bits per heavy atom. The highest BCUT2D eigenvalue weighted by atomic mass is 16.3. The van der Waals surface area contributed by atoms with E-state index in [4.69, 9.17) is 0 Å². The minimum Gasteiger partial charge on any atom is -0.392 e. The van der Waals surface area contributed by atoms with E-state index in [0.29, 0.717) is 0 Å². The number of nitrogens with one attached hydrogen (secondary N) is 1. The number of rotatable bonds is 4. The molecule has 3 atom stereocenters. The molecule has 0 saturated carbocycles. The van der Waals surface area contributed by atoms with Gasteiger partial charge in [-0.2, -0.15) is 0 Å². The van der Waals surface area contributed by atoms with Crippen LogP contribution < -0.4 is 5.32 Å². The Balaban J connectivity index is 2.55. The Labute approximate surface area is 85.2 Å². The maximum absolute atomic E-state index is 9.34. The molecule has 1 aromatic heterocycles. The van der Waals surface area contributed by atoms with Crippen molar-refractivity contribution in [2.24, 2.45) is 0 Å². The Morgan fingerprint density at radius 3 is 2.57 bits per heavy atom. The van der Waals surface area contributed by atoms with Gasteiger partial charge in [-0.05, 0) is 32.4 Å². The van der Waals surface area contributed by atoms with Gasteiger partial charge in [-0.1, -0.05) is 6.07 Å². The minimum absolute atomic E-state index is 0.0882. The smallest absolute Gasteiger partial charge is 0.0662 e. The Morgan fingerprint density at radius 1 is 1.36 bits per heavy atom. The van der Waals surface area contributed by atoms with Crippen molar-refractivity contribution >= 4 is 0 Å². The van der Waals surface area contributed by atoms with Crippen molar-refractivity contribution in [3.63, 3.8) is 0 Å². The standard InChI is InChI=1S/C11H18N2O/c1-8(10(3)14)13-9(2)11-5-4-6-12-7-11/h4-10,13-14H,1-3H3/t8?,9-,10?/m1/s1. The number of aromatic nitrogens is 1. The highest BCUT2D eigenvalue weighted by molar-refractivity contribution is 5.12. The van der Waals surface area contributed by atoms with E-state index in [-0.39, 0.29) is 18.2 Å². The molecule has 14 heavy (non-hydrogen) atoms. The molecule has 0 aliphatic rings. The first-order valence-corrected chi connectivity index (χ1v) is 4.95. The lowest BCUT2D eigenvalue weighted by atomic mass is 10.1. The molecule has 0 aliphatic heterocycles. The maximum atomic E-state index is 9.34. The first-order chi connectivity index (χ1) is 6.61. The lowest BCUT2D eigenvalue weighted by Gasteiger charge is -2.22. The van der Waals surface area contributed by atoms with Crippen molar-refractivity contribution in [2.75, 3.05) is 0 Å². The predicted octanol–water partition coefficient (Wildman–Crippen LogP) is 1.50. The Kier molecular flexibility index (Phi) is 4.04. The third-order valence-electron chi connectivity index (χ3n) is 2.42. The summed E-state index contributed by atoms with van der Waals surface area (Å²) in [4.78, 5) is 4.06. The number of hydrogen-bond donors (Lipinski definition) is 2. The van der Waals surface area contributed by atoms with Gasteiger partial charge in [0.05, 0.1) is 6.10 Å². The van der Waals surface area contributed by atoms with Crippen LogP contribution in [-0.4, -0.2) is 22.2 Å². The molecule has 78 valence electrons. The summed E-state index contributed by atoms with van der Waals surface area (Å²) in [6, 6.07) is 4.25. The third-order valence-corrected chi connectivity index (χ3v) is 2.42. The van der Waals surface area contributed by atoms with E-state index in [1.165, 1.54) is 0 Å². The van der Waals surface area contributed by atoms with E-state index in [9.17, 15) is 5.11 Å². The second kappa shape index (κ2) is 5.08. The molecule has 0 aliphatic carbocycles. The first-order valence-electron chi connectivity index (χ1n) is 4.95. The summed E-state index contributed by atoms with van der Waals surface area (Å²) in [5.74, 6) is 0. The molecule has 3 heteroatoms. The van der Waals surface area contributed by atoms with Gasteiger partial charge in [0.2, 0.25) is 0 Å². The Bertz CT molecular complexity index is 261. The average molecular weight is 194 g/mol. The van der Waals surface area contributed by atoms with Gasteiger partial charge in [0.25, 0.3) is 0 Å². The van der Waals surface area contributed by atoms with Crippen LogP contribution in [0.4, 0.5) is 0 Å². The second-order valence-electron chi connectivity index (χ2n) is 3.70. The monoisotopic (exact) mass is 194 g/mol. The highest BCUT2D eigenvalue weighted by Gasteiger charge is 2.12. The van der Waals surface area contributed by atoms with Gasteiger partial charge in [-0.3, -0.25) is 4.98 Å². The van der Waals surface area contributed by atoms with Gasteiger partial charge < -0.3 is 10.4 Å². The fraction of sp³-hybridized carbons (Fsp3) is 0.545. The third kappa shape index (κ3) is 3.09. The number of nitrogens with zero attached hydrogens (tertiary/aromatic N) is 1. The lowest BCUT2D eigenvalue weighted by molar-refractivity contribution is 0.147. The van der Waals surface area contributed by atoms with E-state index >= 15 is 0 Å². The van der Waals surface area contributed by atoms with Crippen LogP contribution in [0.1, 0.15) is 32.4 Å². The van der Waals surface area contributed by atoms with Crippen molar-refractivity contribution in [2.45, 2.75) is 39.0 Å². The lowest BCUT2D eigenvalue weighted by Crippen LogP contribution is -2.37. The molecule has 2 unspecified atom stereocenters. The maximum Gasteiger partial charge on any atom is 0.0662 e. The van der Waals surface area contributed by atoms with Gasteiger partial charge in [-0.25, -0.2) is 0 Å². The van der Waals surface area contributed by atoms with Crippen LogP contribution >= 0.6 is 0 Å². The molecule has 1 heterocycles. The summed E-state index contributed by atoms with van der Waals surface area (Å²) in [6.45, 7) is 5.82. The van der Waals surface area contributed by atoms with Crippen LogP contribution in [0.5, 0.6) is 0 Å². The van der Waals surface area contributed by atoms with Crippen molar-refractivity contribution in [1.29, 1.82) is 0 Å². The van der Waals surface area contributed by atoms with Crippen LogP contribution in [0.2, 0.25) is 0 Å². The van der Waals surface area contributed by atoms with Crippen molar-refractivity contribution in [3.8, 4) is 0 Å². The molecule has 0 radical (unpaired) electrons. The summed E-state index contributed by atoms with van der Waals surface area (Å²) < 4.78 is 0. The molecule has 2 N–H and O–H groups in total. The molecule has 0 saturated heterocycles. The highest BCUT2D eigenvalue weighted by Crippen LogP contribution is 2.11. The quantitative estimate of drug-likeness (QED) is 0.763. The van der Waals surface area contributed by atoms with E-state index < -0.39 is 0 Å². The van der Waals surface area contributed by atoms with Crippen LogP contribution in [0.25, 0.3) is 0 Å². The Hall–Kier alpha value is -0.930. The predicted molar refractivity (Wildman–Crippen MR) is 56.9 cm³/mol. The fourth-order valence-electron chi connectivity index (χ4n) is 1.26. The van der Waals surface area contributed by atoms with E-state index in [1.54, 1.807) is 13.1 Å². The molecular weight excluding hydrogens is 176 g/mol. The molecule has 0 amide bonds. The summed E-state index contributed by atoms with van der Waals surface area (Å²) in [6.07, 6.45) is 3.26. The molecule has 1 aromatic rings. The minimum atomic E-state index is -0.339. The fourth-order valence-corrected chi connectivity index (χ4v) is 1.26. The molecular formula is C11H18N2O. The van der Waals surface area contributed by atoms with Crippen molar-refractivity contribution in [3.05, 3.63) is 30.1 Å². The van der Waals surface area contributed by atoms with E-state index in [2.05, 4.69) is 17.2 Å². The molecule has 1 rings (SSSR count). The molecule has 0 aromatic carbocycles. The van der Waals surface area contributed by atoms with Gasteiger partial charge in [0.15, 0.2) is 0 Å². The summed E-state index contributed by atoms with van der Waals surface area (Å²) in [7, 11) is 0. The van der Waals surface area contributed by atoms with Gasteiger partial charge in [0, 0.05) is 24.5 Å². The van der Waals surface area contributed by atoms with Crippen LogP contribution in [0.3, 0.4) is 0 Å². The van der Waals surface area contributed by atoms with Crippen molar-refractivity contribution < 1.29 is 5.11 Å². The number of hydrogen-bond acceptors (Lipinski definition) is 3. The van der Waals surface area contributed by atoms with Gasteiger partial charge >= 0.3 is 0 Å². The van der Waals surface area contributed by atoms with Crippen LogP contribution in [-0.2, 0) is 0 Å². The van der Waals surface area contributed by atoms with Crippen molar-refractivity contribution in [1.82, 2.24) is 10.3 Å². The van der Waals surface area contributed by atoms with E-state index in [0.717, 1.165) is 5.56 Å². The molecule has 0 bridgehead atoms. The number of aliphatic hydroxyl groups excluding tert-OH is 1. The van der Waals surface area contributed by atoms with Gasteiger partial charge in [-0.15, -0.1) is 0 Å². The average Bonchev–Trinajstić information content (AvgIpc) is 2.19. The zero-order chi connectivity index (χ0) is 10.6. The second-order valence-corrected chi connectivity index (χ2v) is 3.70. The topological polar surface area (TPSA) is 45.1 Å². The SMILES string of the molecule is CC(O)C(C)N[C@H](C)c1cccnc1. The number of aliphatic hydroxyl groups is 1. The summed E-state index contributed by atoms with van der Waals surface area (Å²) in [5.41, 5.74) is 1.14. The molecule has 0 fully saturated rings.